The van der Waals surface area contributed by atoms with E-state index in [2.05, 4.69) is 10.3 Å². The van der Waals surface area contributed by atoms with Gasteiger partial charge in [0.15, 0.2) is 0 Å². The van der Waals surface area contributed by atoms with Crippen LogP contribution in [0.4, 0.5) is 9.18 Å². The molecule has 6 heteroatoms. The Hall–Kier alpha value is -2.37. The maximum atomic E-state index is 13.2. The molecule has 0 radical (unpaired) electrons. The third kappa shape index (κ3) is 2.17. The van der Waals surface area contributed by atoms with E-state index >= 15 is 0 Å². The van der Waals surface area contributed by atoms with Crippen molar-refractivity contribution >= 4 is 16.8 Å². The molecule has 0 bridgehead atoms. The molecule has 0 saturated carbocycles. The van der Waals surface area contributed by atoms with Gasteiger partial charge in [-0.2, -0.15) is 0 Å². The normalized spacial score (nSPS) is 12.3. The smallest absolute Gasteiger partial charge is 0.312 e. The predicted octanol–water partition coefficient (Wildman–Crippen LogP) is 1.40. The number of benzene rings is 1. The lowest BCUT2D eigenvalue weighted by atomic mass is 10.0. The number of aromatic nitrogens is 1. The van der Waals surface area contributed by atoms with Crippen molar-refractivity contribution in [3.63, 3.8) is 0 Å². The third-order valence-corrected chi connectivity index (χ3v) is 2.72. The molecular formula is C12H12FN3O2. The molecule has 0 fully saturated rings. The number of pyridine rings is 1. The van der Waals surface area contributed by atoms with Gasteiger partial charge in [-0.25, -0.2) is 9.18 Å². The maximum Gasteiger partial charge on any atom is 0.312 e. The highest BCUT2D eigenvalue weighted by Gasteiger charge is 2.13. The minimum absolute atomic E-state index is 0.306. The average molecular weight is 249 g/mol. The van der Waals surface area contributed by atoms with Crippen molar-refractivity contribution in [2.24, 2.45) is 5.73 Å². The molecule has 1 heterocycles. The summed E-state index contributed by atoms with van der Waals surface area (Å²) in [5.74, 6) is -0.444. The summed E-state index contributed by atoms with van der Waals surface area (Å²) in [7, 11) is 0. The van der Waals surface area contributed by atoms with Crippen LogP contribution in [0, 0.1) is 5.82 Å². The largest absolute Gasteiger partial charge is 0.352 e. The SMILES string of the molecule is CC(NC(N)=O)c1c[nH]c(=O)c2ccc(F)cc12. The molecule has 2 amide bonds. The second-order valence-electron chi connectivity index (χ2n) is 3.99. The van der Waals surface area contributed by atoms with E-state index in [0.29, 0.717) is 16.3 Å². The number of rotatable bonds is 2. The van der Waals surface area contributed by atoms with E-state index in [0.717, 1.165) is 0 Å². The van der Waals surface area contributed by atoms with Crippen molar-refractivity contribution in [2.75, 3.05) is 0 Å². The number of nitrogens with two attached hydrogens (primary N) is 1. The molecule has 1 aromatic carbocycles. The molecule has 2 aromatic rings. The van der Waals surface area contributed by atoms with Gasteiger partial charge in [-0.1, -0.05) is 0 Å². The number of amides is 2. The van der Waals surface area contributed by atoms with E-state index < -0.39 is 17.9 Å². The minimum Gasteiger partial charge on any atom is -0.352 e. The summed E-state index contributed by atoms with van der Waals surface area (Å²) in [5, 5.41) is 3.31. The van der Waals surface area contributed by atoms with Crippen LogP contribution in [0.1, 0.15) is 18.5 Å². The summed E-state index contributed by atoms with van der Waals surface area (Å²) in [5.41, 5.74) is 5.33. The number of fused-ring (bicyclic) bond motifs is 1. The molecule has 1 atom stereocenters. The molecule has 0 aliphatic carbocycles. The average Bonchev–Trinajstić information content (AvgIpc) is 2.28. The maximum absolute atomic E-state index is 13.2. The molecule has 2 rings (SSSR count). The van der Waals surface area contributed by atoms with Crippen molar-refractivity contribution < 1.29 is 9.18 Å². The fourth-order valence-electron chi connectivity index (χ4n) is 1.90. The fraction of sp³-hybridized carbons (Fsp3) is 0.167. The molecule has 0 spiro atoms. The molecule has 0 aliphatic rings. The van der Waals surface area contributed by atoms with Crippen LogP contribution in [0.15, 0.2) is 29.2 Å². The third-order valence-electron chi connectivity index (χ3n) is 2.72. The van der Waals surface area contributed by atoms with E-state index in [-0.39, 0.29) is 5.56 Å². The number of primary amides is 1. The molecule has 0 aliphatic heterocycles. The second kappa shape index (κ2) is 4.48. The Morgan fingerprint density at radius 2 is 2.17 bits per heavy atom. The number of nitrogens with one attached hydrogen (secondary N) is 2. The number of aromatic amines is 1. The van der Waals surface area contributed by atoms with E-state index in [1.807, 2.05) is 0 Å². The van der Waals surface area contributed by atoms with Gasteiger partial charge in [-0.05, 0) is 36.1 Å². The zero-order valence-electron chi connectivity index (χ0n) is 9.66. The first-order valence-corrected chi connectivity index (χ1v) is 5.36. The van der Waals surface area contributed by atoms with Gasteiger partial charge in [0.2, 0.25) is 0 Å². The Labute approximate surface area is 102 Å². The summed E-state index contributed by atoms with van der Waals surface area (Å²) in [6, 6.07) is 2.78. The molecule has 18 heavy (non-hydrogen) atoms. The highest BCUT2D eigenvalue weighted by Crippen LogP contribution is 2.21. The van der Waals surface area contributed by atoms with Gasteiger partial charge < -0.3 is 16.0 Å². The fourth-order valence-corrected chi connectivity index (χ4v) is 1.90. The van der Waals surface area contributed by atoms with Gasteiger partial charge >= 0.3 is 6.03 Å². The zero-order valence-corrected chi connectivity index (χ0v) is 9.66. The van der Waals surface area contributed by atoms with Gasteiger partial charge in [0.1, 0.15) is 5.82 Å². The highest BCUT2D eigenvalue weighted by molar-refractivity contribution is 5.85. The first-order valence-electron chi connectivity index (χ1n) is 5.36. The van der Waals surface area contributed by atoms with Crippen LogP contribution in [0.5, 0.6) is 0 Å². The number of carbonyl (C=O) groups is 1. The minimum atomic E-state index is -0.682. The number of H-pyrrole nitrogens is 1. The summed E-state index contributed by atoms with van der Waals surface area (Å²) >= 11 is 0. The van der Waals surface area contributed by atoms with E-state index in [1.165, 1.54) is 24.4 Å². The Bertz CT molecular complexity index is 666. The topological polar surface area (TPSA) is 88.0 Å². The lowest BCUT2D eigenvalue weighted by Gasteiger charge is -2.14. The molecule has 1 aromatic heterocycles. The predicted molar refractivity (Wildman–Crippen MR) is 65.7 cm³/mol. The summed E-state index contributed by atoms with van der Waals surface area (Å²) in [6.45, 7) is 1.70. The van der Waals surface area contributed by atoms with Gasteiger partial charge in [-0.3, -0.25) is 4.79 Å². The monoisotopic (exact) mass is 249 g/mol. The van der Waals surface area contributed by atoms with Crippen molar-refractivity contribution in [2.45, 2.75) is 13.0 Å². The first kappa shape index (κ1) is 12.1. The van der Waals surface area contributed by atoms with Crippen molar-refractivity contribution in [3.8, 4) is 0 Å². The van der Waals surface area contributed by atoms with Crippen molar-refractivity contribution in [1.29, 1.82) is 0 Å². The number of carbonyl (C=O) groups excluding carboxylic acids is 1. The standard InChI is InChI=1S/C12H12FN3O2/c1-6(16-12(14)18)10-5-15-11(17)8-3-2-7(13)4-9(8)10/h2-6H,1H3,(H,15,17)(H3,14,16,18). The molecular weight excluding hydrogens is 237 g/mol. The number of hydrogen-bond acceptors (Lipinski definition) is 2. The van der Waals surface area contributed by atoms with Gasteiger partial charge in [0.05, 0.1) is 6.04 Å². The van der Waals surface area contributed by atoms with Crippen LogP contribution >= 0.6 is 0 Å². The Morgan fingerprint density at radius 3 is 2.83 bits per heavy atom. The first-order chi connectivity index (χ1) is 8.49. The Balaban J connectivity index is 2.64. The van der Waals surface area contributed by atoms with Gasteiger partial charge in [-0.15, -0.1) is 0 Å². The molecule has 1 unspecified atom stereocenters. The van der Waals surface area contributed by atoms with E-state index in [9.17, 15) is 14.0 Å². The molecule has 5 nitrogen and oxygen atoms in total. The Kier molecular flexibility index (Phi) is 3.01. The zero-order chi connectivity index (χ0) is 13.3. The van der Waals surface area contributed by atoms with Gasteiger partial charge in [0, 0.05) is 11.6 Å². The second-order valence-corrected chi connectivity index (χ2v) is 3.99. The summed E-state index contributed by atoms with van der Waals surface area (Å²) in [4.78, 5) is 25.0. The van der Waals surface area contributed by atoms with E-state index in [1.54, 1.807) is 6.92 Å². The molecule has 4 N–H and O–H groups in total. The summed E-state index contributed by atoms with van der Waals surface area (Å²) in [6.07, 6.45) is 1.45. The number of halogens is 1. The highest BCUT2D eigenvalue weighted by atomic mass is 19.1. The van der Waals surface area contributed by atoms with Crippen LogP contribution in [-0.2, 0) is 0 Å². The van der Waals surface area contributed by atoms with Crippen LogP contribution in [-0.4, -0.2) is 11.0 Å². The van der Waals surface area contributed by atoms with Crippen LogP contribution in [0.3, 0.4) is 0 Å². The van der Waals surface area contributed by atoms with Crippen molar-refractivity contribution in [3.05, 3.63) is 46.1 Å². The Morgan fingerprint density at radius 1 is 1.44 bits per heavy atom. The molecule has 0 saturated heterocycles. The lowest BCUT2D eigenvalue weighted by Crippen LogP contribution is -2.32. The quantitative estimate of drug-likeness (QED) is 0.751. The molecule has 94 valence electrons. The van der Waals surface area contributed by atoms with Crippen LogP contribution < -0.4 is 16.6 Å². The van der Waals surface area contributed by atoms with Gasteiger partial charge in [0.25, 0.3) is 5.56 Å². The van der Waals surface area contributed by atoms with Crippen molar-refractivity contribution in [1.82, 2.24) is 10.3 Å². The lowest BCUT2D eigenvalue weighted by molar-refractivity contribution is 0.246. The summed E-state index contributed by atoms with van der Waals surface area (Å²) < 4.78 is 13.2. The van der Waals surface area contributed by atoms with Crippen LogP contribution in [0.25, 0.3) is 10.8 Å². The number of urea groups is 1. The van der Waals surface area contributed by atoms with E-state index in [4.69, 9.17) is 5.73 Å². The van der Waals surface area contributed by atoms with Crippen LogP contribution in [0.2, 0.25) is 0 Å². The number of hydrogen-bond donors (Lipinski definition) is 3.